The Hall–Kier alpha value is -4.61. The van der Waals surface area contributed by atoms with E-state index in [9.17, 15) is 19.3 Å². The first-order valence-electron chi connectivity index (χ1n) is 11.3. The fourth-order valence-corrected chi connectivity index (χ4v) is 4.93. The lowest BCUT2D eigenvalue weighted by Gasteiger charge is -2.31. The van der Waals surface area contributed by atoms with E-state index >= 15 is 0 Å². The summed E-state index contributed by atoms with van der Waals surface area (Å²) >= 11 is 0. The molecule has 3 heterocycles. The Balaban J connectivity index is 1.32. The van der Waals surface area contributed by atoms with Gasteiger partial charge in [0.2, 0.25) is 5.95 Å². The fraction of sp³-hybridized carbons (Fsp3) is 0.292. The average molecular weight is 488 g/mol. The number of carbonyl (C=O) groups excluding carboxylic acids is 3. The van der Waals surface area contributed by atoms with E-state index in [-0.39, 0.29) is 23.5 Å². The molecule has 2 amide bonds. The summed E-state index contributed by atoms with van der Waals surface area (Å²) in [6.07, 6.45) is 4.82. The Morgan fingerprint density at radius 3 is 2.75 bits per heavy atom. The number of hydrogen-bond donors (Lipinski definition) is 3. The van der Waals surface area contributed by atoms with Gasteiger partial charge in [0.25, 0.3) is 11.8 Å². The quantitative estimate of drug-likeness (QED) is 0.359. The first-order valence-corrected chi connectivity index (χ1v) is 11.3. The summed E-state index contributed by atoms with van der Waals surface area (Å²) in [6, 6.07) is 6.13. The van der Waals surface area contributed by atoms with Crippen LogP contribution in [-0.2, 0) is 14.4 Å². The number of amides is 2. The highest BCUT2D eigenvalue weighted by atomic mass is 16.5. The van der Waals surface area contributed by atoms with Crippen LogP contribution in [0.15, 0.2) is 52.3 Å². The van der Waals surface area contributed by atoms with Crippen LogP contribution in [0.2, 0.25) is 0 Å². The van der Waals surface area contributed by atoms with E-state index in [2.05, 4.69) is 31.1 Å². The monoisotopic (exact) mass is 488 g/mol. The van der Waals surface area contributed by atoms with Gasteiger partial charge in [-0.15, -0.1) is 4.91 Å². The van der Waals surface area contributed by atoms with E-state index in [4.69, 9.17) is 9.15 Å². The fourth-order valence-electron chi connectivity index (χ4n) is 4.93. The lowest BCUT2D eigenvalue weighted by molar-refractivity contribution is -0.129. The number of nitrogens with zero attached hydrogens (tertiary/aromatic N) is 3. The van der Waals surface area contributed by atoms with Crippen molar-refractivity contribution in [3.05, 3.63) is 47.6 Å². The van der Waals surface area contributed by atoms with Gasteiger partial charge in [0.1, 0.15) is 17.0 Å². The Kier molecular flexibility index (Phi) is 4.68. The molecule has 4 unspecified atom stereocenters. The van der Waals surface area contributed by atoms with Crippen LogP contribution in [0.5, 0.6) is 5.75 Å². The number of nitroso groups, excluding NO2 is 1. The maximum Gasteiger partial charge on any atom is 0.292 e. The molecule has 2 aromatic heterocycles. The van der Waals surface area contributed by atoms with Gasteiger partial charge in [0, 0.05) is 16.9 Å². The Morgan fingerprint density at radius 2 is 1.94 bits per heavy atom. The summed E-state index contributed by atoms with van der Waals surface area (Å²) in [5, 5.41) is 11.6. The highest BCUT2D eigenvalue weighted by Gasteiger charge is 2.55. The third kappa shape index (κ3) is 3.33. The van der Waals surface area contributed by atoms with Crippen LogP contribution >= 0.6 is 0 Å². The molecule has 12 nitrogen and oxygen atoms in total. The van der Waals surface area contributed by atoms with Crippen molar-refractivity contribution >= 4 is 51.8 Å². The Labute approximate surface area is 203 Å². The van der Waals surface area contributed by atoms with E-state index in [0.29, 0.717) is 28.2 Å². The van der Waals surface area contributed by atoms with E-state index in [1.54, 1.807) is 50.3 Å². The van der Waals surface area contributed by atoms with Crippen molar-refractivity contribution in [3.63, 3.8) is 0 Å². The van der Waals surface area contributed by atoms with Crippen LogP contribution in [-0.4, -0.2) is 39.2 Å². The molecule has 3 aliphatic rings. The summed E-state index contributed by atoms with van der Waals surface area (Å²) in [5.41, 5.74) is 0.919. The van der Waals surface area contributed by atoms with Crippen LogP contribution in [0.4, 0.5) is 23.1 Å². The van der Waals surface area contributed by atoms with Crippen molar-refractivity contribution in [1.82, 2.24) is 9.97 Å². The highest BCUT2D eigenvalue weighted by Crippen LogP contribution is 2.43. The minimum atomic E-state index is -0.979. The first kappa shape index (κ1) is 21.9. The topological polar surface area (TPSA) is 165 Å². The second kappa shape index (κ2) is 7.70. The molecule has 3 N–H and O–H groups in total. The van der Waals surface area contributed by atoms with Gasteiger partial charge in [-0.25, -0.2) is 4.98 Å². The zero-order valence-corrected chi connectivity index (χ0v) is 19.1. The zero-order valence-electron chi connectivity index (χ0n) is 19.1. The first-order chi connectivity index (χ1) is 17.2. The molecule has 1 aromatic carbocycles. The zero-order chi connectivity index (χ0) is 25.2. The molecule has 3 aromatic rings. The van der Waals surface area contributed by atoms with Gasteiger partial charge >= 0.3 is 0 Å². The van der Waals surface area contributed by atoms with E-state index in [0.717, 1.165) is 0 Å². The third-order valence-electron chi connectivity index (χ3n) is 6.72. The maximum atomic E-state index is 12.6. The highest BCUT2D eigenvalue weighted by molar-refractivity contribution is 6.01. The number of fused-ring (bicyclic) bond motifs is 4. The van der Waals surface area contributed by atoms with Crippen molar-refractivity contribution in [2.24, 2.45) is 22.9 Å². The number of benzene rings is 1. The van der Waals surface area contributed by atoms with Crippen molar-refractivity contribution in [2.45, 2.75) is 25.5 Å². The minimum absolute atomic E-state index is 0.140. The molecule has 182 valence electrons. The molecule has 1 aliphatic heterocycles. The number of ether oxygens (including phenoxy) is 1. The van der Waals surface area contributed by atoms with Crippen LogP contribution < -0.4 is 20.7 Å². The summed E-state index contributed by atoms with van der Waals surface area (Å²) in [6.45, 7) is 3.37. The van der Waals surface area contributed by atoms with Crippen LogP contribution in [0.25, 0.3) is 11.1 Å². The normalized spacial score (nSPS) is 25.3. The van der Waals surface area contributed by atoms with Gasteiger partial charge < -0.3 is 25.1 Å². The molecule has 1 fully saturated rings. The van der Waals surface area contributed by atoms with Gasteiger partial charge in [-0.2, -0.15) is 4.98 Å². The van der Waals surface area contributed by atoms with Crippen molar-refractivity contribution in [1.29, 1.82) is 0 Å². The lowest BCUT2D eigenvalue weighted by atomic mass is 9.88. The van der Waals surface area contributed by atoms with Crippen LogP contribution in [0.1, 0.15) is 13.8 Å². The molecule has 2 bridgehead atoms. The molecule has 6 rings (SSSR count). The van der Waals surface area contributed by atoms with Gasteiger partial charge in [0.05, 0.1) is 35.7 Å². The number of anilines is 4. The number of nitrogens with one attached hydrogen (secondary N) is 3. The van der Waals surface area contributed by atoms with Crippen molar-refractivity contribution in [2.75, 3.05) is 16.0 Å². The summed E-state index contributed by atoms with van der Waals surface area (Å²) in [4.78, 5) is 57.1. The predicted octanol–water partition coefficient (Wildman–Crippen LogP) is 3.15. The van der Waals surface area contributed by atoms with Crippen molar-refractivity contribution < 1.29 is 23.5 Å². The Morgan fingerprint density at radius 1 is 1.14 bits per heavy atom. The Bertz CT molecular complexity index is 1490. The van der Waals surface area contributed by atoms with Gasteiger partial charge in [-0.05, 0) is 32.0 Å². The molecule has 36 heavy (non-hydrogen) atoms. The van der Waals surface area contributed by atoms with Gasteiger partial charge in [-0.1, -0.05) is 12.2 Å². The average Bonchev–Trinajstić information content (AvgIpc) is 3.53. The number of ketones is 1. The number of allylic oxidation sites excluding steroid dienone is 1. The summed E-state index contributed by atoms with van der Waals surface area (Å²) < 4.78 is 11.3. The largest absolute Gasteiger partial charge is 0.476 e. The smallest absolute Gasteiger partial charge is 0.292 e. The number of Topliss-reactive ketones (excluding diaryl/α,β-unsaturated/α-hetero) is 1. The lowest BCUT2D eigenvalue weighted by Crippen LogP contribution is -2.45. The molecule has 0 spiro atoms. The molecule has 2 aliphatic carbocycles. The van der Waals surface area contributed by atoms with Crippen molar-refractivity contribution in [3.8, 4) is 5.75 Å². The standard InChI is InChI=1S/C24H20N6O6/c1-24(2)22(33)26-14-9-10(3-6-15(14)36-24)25-23-27-13-7-8-35-19(13)20(29-23)28-17-12-5-4-11(18(12)31)16(17)21(32)30-34/h3-9,11-12,16-17H,1-2H3,(H,26,33)(H2,25,27,28,29). The summed E-state index contributed by atoms with van der Waals surface area (Å²) in [7, 11) is 0. The molecule has 0 radical (unpaired) electrons. The number of carbonyl (C=O) groups is 3. The van der Waals surface area contributed by atoms with Gasteiger partial charge in [0.15, 0.2) is 17.0 Å². The van der Waals surface area contributed by atoms with Crippen LogP contribution in [0.3, 0.4) is 0 Å². The second-order valence-electron chi connectivity index (χ2n) is 9.40. The number of furan rings is 1. The summed E-state index contributed by atoms with van der Waals surface area (Å²) in [5.74, 6) is -2.50. The van der Waals surface area contributed by atoms with E-state index in [1.807, 2.05) is 0 Å². The van der Waals surface area contributed by atoms with E-state index in [1.165, 1.54) is 6.26 Å². The molecule has 1 saturated carbocycles. The maximum absolute atomic E-state index is 12.6. The second-order valence-corrected chi connectivity index (χ2v) is 9.40. The number of hydrogen-bond acceptors (Lipinski definition) is 10. The number of rotatable bonds is 5. The van der Waals surface area contributed by atoms with Gasteiger partial charge in [-0.3, -0.25) is 14.4 Å². The molecule has 12 heteroatoms. The predicted molar refractivity (Wildman–Crippen MR) is 128 cm³/mol. The molecule has 4 atom stereocenters. The third-order valence-corrected chi connectivity index (χ3v) is 6.72. The SMILES string of the molecule is CC1(C)Oc2ccc(Nc3nc(NC4C5C=CC(C5=O)C4C(=O)N=O)c4occc4n3)cc2NC1=O. The number of aromatic nitrogens is 2. The molecule has 0 saturated heterocycles. The van der Waals surface area contributed by atoms with E-state index < -0.39 is 35.3 Å². The molecular weight excluding hydrogens is 468 g/mol. The van der Waals surface area contributed by atoms with Crippen LogP contribution in [0, 0.1) is 22.7 Å². The minimum Gasteiger partial charge on any atom is -0.476 e. The molecular formula is C24H20N6O6.